The number of nitrogens with one attached hydrogen (secondary N) is 1. The van der Waals surface area contributed by atoms with E-state index in [1.54, 1.807) is 18.3 Å². The molecule has 38 heavy (non-hydrogen) atoms. The van der Waals surface area contributed by atoms with Gasteiger partial charge in [0.05, 0.1) is 34.5 Å². The van der Waals surface area contributed by atoms with Gasteiger partial charge in [-0.2, -0.15) is 5.26 Å². The first-order chi connectivity index (χ1) is 18.0. The molecular weight excluding hydrogens is 496 g/mol. The highest BCUT2D eigenvalue weighted by atomic mass is 35.5. The van der Waals surface area contributed by atoms with Gasteiger partial charge in [-0.1, -0.05) is 19.9 Å². The molecule has 3 aromatic heterocycles. The van der Waals surface area contributed by atoms with Crippen molar-refractivity contribution in [3.63, 3.8) is 0 Å². The fraction of sp³-hybridized carbons (Fsp3) is 0.400. The highest BCUT2D eigenvalue weighted by Gasteiger charge is 2.27. The Kier molecular flexibility index (Phi) is 7.38. The lowest BCUT2D eigenvalue weighted by Gasteiger charge is -2.29. The van der Waals surface area contributed by atoms with E-state index in [2.05, 4.69) is 65.1 Å². The Morgan fingerprint density at radius 3 is 2.47 bits per heavy atom. The monoisotopic (exact) mass is 528 g/mol. The van der Waals surface area contributed by atoms with Crippen LogP contribution in [-0.2, 0) is 0 Å². The second-order valence-corrected chi connectivity index (χ2v) is 10.8. The number of nitrogens with zero attached hydrogens (tertiary/aromatic N) is 5. The average Bonchev–Trinajstić information content (AvgIpc) is 3.69. The van der Waals surface area contributed by atoms with E-state index in [-0.39, 0.29) is 18.5 Å². The van der Waals surface area contributed by atoms with E-state index < -0.39 is 0 Å². The number of anilines is 2. The normalized spacial score (nSPS) is 19.2. The standard InChI is InChI=1S/C30H32N6O.ClH/c1-18(2)30-34-25-10-5-21(15-27(25)36(30)23-6-8-24(37)9-7-23)26-14-22(20-3-4-20)16-29(33-26)35-28-13-19(17-31)11-12-32-28;/h5,10-16,18,20,23-24,37H,3-4,6-9H2,1-2H3,(H,32,33,35);1H/t23-,24-;. The zero-order valence-corrected chi connectivity index (χ0v) is 22.6. The van der Waals surface area contributed by atoms with Gasteiger partial charge < -0.3 is 15.0 Å². The maximum atomic E-state index is 10.1. The SMILES string of the molecule is CC(C)c1nc2ccc(-c3cc(C4CC4)cc(Nc4cc(C#N)ccn4)n3)cc2n1[C@H]1CC[C@H](O)CC1.Cl. The predicted molar refractivity (Wildman–Crippen MR) is 152 cm³/mol. The van der Waals surface area contributed by atoms with E-state index in [4.69, 9.17) is 9.97 Å². The highest BCUT2D eigenvalue weighted by Crippen LogP contribution is 2.42. The summed E-state index contributed by atoms with van der Waals surface area (Å²) in [4.78, 5) is 14.4. The van der Waals surface area contributed by atoms with Crippen molar-refractivity contribution in [1.82, 2.24) is 19.5 Å². The van der Waals surface area contributed by atoms with Crippen molar-refractivity contribution in [3.8, 4) is 17.3 Å². The molecular formula is C30H33ClN6O. The largest absolute Gasteiger partial charge is 0.393 e. The Balaban J connectivity index is 0.00000294. The van der Waals surface area contributed by atoms with Crippen LogP contribution in [0.5, 0.6) is 0 Å². The van der Waals surface area contributed by atoms with Crippen LogP contribution in [0.15, 0.2) is 48.7 Å². The molecule has 1 aromatic carbocycles. The number of fused-ring (bicyclic) bond motifs is 1. The van der Waals surface area contributed by atoms with Gasteiger partial charge in [-0.3, -0.25) is 0 Å². The molecule has 0 saturated heterocycles. The molecule has 6 rings (SSSR count). The van der Waals surface area contributed by atoms with Gasteiger partial charge in [-0.25, -0.2) is 15.0 Å². The Labute approximate surface area is 229 Å². The van der Waals surface area contributed by atoms with Crippen LogP contribution in [0.25, 0.3) is 22.3 Å². The first-order valence-corrected chi connectivity index (χ1v) is 13.3. The van der Waals surface area contributed by atoms with Gasteiger partial charge in [0.1, 0.15) is 17.5 Å². The lowest BCUT2D eigenvalue weighted by atomic mass is 9.92. The van der Waals surface area contributed by atoms with Crippen LogP contribution in [0.3, 0.4) is 0 Å². The van der Waals surface area contributed by atoms with E-state index in [1.165, 1.54) is 18.4 Å². The second kappa shape index (κ2) is 10.7. The number of nitriles is 1. The molecule has 196 valence electrons. The molecule has 0 spiro atoms. The summed E-state index contributed by atoms with van der Waals surface area (Å²) in [6, 6.07) is 16.7. The number of imidazole rings is 1. The summed E-state index contributed by atoms with van der Waals surface area (Å²) in [5.41, 5.74) is 5.96. The fourth-order valence-corrected chi connectivity index (χ4v) is 5.49. The van der Waals surface area contributed by atoms with E-state index in [9.17, 15) is 10.4 Å². The van der Waals surface area contributed by atoms with Crippen LogP contribution in [0.4, 0.5) is 11.6 Å². The maximum absolute atomic E-state index is 10.1. The van der Waals surface area contributed by atoms with Gasteiger partial charge in [-0.05, 0) is 86.4 Å². The molecule has 2 fully saturated rings. The van der Waals surface area contributed by atoms with Crippen LogP contribution < -0.4 is 5.32 Å². The Hall–Kier alpha value is -3.47. The smallest absolute Gasteiger partial charge is 0.132 e. The van der Waals surface area contributed by atoms with Crippen LogP contribution in [0.1, 0.15) is 87.2 Å². The first-order valence-electron chi connectivity index (χ1n) is 13.3. The predicted octanol–water partition coefficient (Wildman–Crippen LogP) is 7.01. The van der Waals surface area contributed by atoms with Gasteiger partial charge in [-0.15, -0.1) is 12.4 Å². The lowest BCUT2D eigenvalue weighted by molar-refractivity contribution is 0.111. The molecule has 4 aromatic rings. The van der Waals surface area contributed by atoms with Crippen molar-refractivity contribution in [1.29, 1.82) is 5.26 Å². The van der Waals surface area contributed by atoms with Crippen LogP contribution in [-0.4, -0.2) is 30.7 Å². The summed E-state index contributed by atoms with van der Waals surface area (Å²) in [5.74, 6) is 3.33. The van der Waals surface area contributed by atoms with E-state index >= 15 is 0 Å². The number of hydrogen-bond acceptors (Lipinski definition) is 6. The van der Waals surface area contributed by atoms with Crippen molar-refractivity contribution in [2.24, 2.45) is 0 Å². The lowest BCUT2D eigenvalue weighted by Crippen LogP contribution is -2.22. The molecule has 7 nitrogen and oxygen atoms in total. The molecule has 8 heteroatoms. The van der Waals surface area contributed by atoms with Gasteiger partial charge in [0.15, 0.2) is 0 Å². The molecule has 0 unspecified atom stereocenters. The van der Waals surface area contributed by atoms with Gasteiger partial charge in [0, 0.05) is 23.7 Å². The maximum Gasteiger partial charge on any atom is 0.132 e. The third-order valence-corrected chi connectivity index (χ3v) is 7.60. The van der Waals surface area contributed by atoms with Gasteiger partial charge >= 0.3 is 0 Å². The summed E-state index contributed by atoms with van der Waals surface area (Å²) in [5, 5.41) is 22.7. The Morgan fingerprint density at radius 2 is 1.76 bits per heavy atom. The molecule has 0 aliphatic heterocycles. The van der Waals surface area contributed by atoms with E-state index in [1.807, 2.05) is 0 Å². The summed E-state index contributed by atoms with van der Waals surface area (Å²) < 4.78 is 2.43. The molecule has 0 atom stereocenters. The summed E-state index contributed by atoms with van der Waals surface area (Å²) in [6.07, 6.45) is 7.45. The van der Waals surface area contributed by atoms with Gasteiger partial charge in [0.25, 0.3) is 0 Å². The third kappa shape index (κ3) is 5.24. The van der Waals surface area contributed by atoms with Crippen molar-refractivity contribution in [2.45, 2.75) is 76.4 Å². The Morgan fingerprint density at radius 1 is 0.974 bits per heavy atom. The number of rotatable bonds is 6. The number of benzene rings is 1. The molecule has 2 aliphatic carbocycles. The quantitative estimate of drug-likeness (QED) is 0.279. The minimum atomic E-state index is -0.187. The zero-order chi connectivity index (χ0) is 25.5. The average molecular weight is 529 g/mol. The molecule has 0 amide bonds. The van der Waals surface area contributed by atoms with Crippen molar-refractivity contribution >= 4 is 35.1 Å². The second-order valence-electron chi connectivity index (χ2n) is 10.8. The summed E-state index contributed by atoms with van der Waals surface area (Å²) >= 11 is 0. The van der Waals surface area contributed by atoms with Crippen molar-refractivity contribution in [3.05, 3.63) is 65.6 Å². The molecule has 3 heterocycles. The number of aliphatic hydroxyl groups is 1. The number of pyridine rings is 2. The number of aromatic nitrogens is 4. The summed E-state index contributed by atoms with van der Waals surface area (Å²) in [6.45, 7) is 4.40. The van der Waals surface area contributed by atoms with Gasteiger partial charge in [0.2, 0.25) is 0 Å². The molecule has 2 N–H and O–H groups in total. The molecule has 0 bridgehead atoms. The highest BCUT2D eigenvalue weighted by molar-refractivity contribution is 5.85. The third-order valence-electron chi connectivity index (χ3n) is 7.60. The van der Waals surface area contributed by atoms with Crippen LogP contribution in [0.2, 0.25) is 0 Å². The van der Waals surface area contributed by atoms with E-state index in [0.717, 1.165) is 59.6 Å². The minimum Gasteiger partial charge on any atom is -0.393 e. The minimum absolute atomic E-state index is 0. The number of hydrogen-bond donors (Lipinski definition) is 2. The molecule has 0 radical (unpaired) electrons. The van der Waals surface area contributed by atoms with Crippen molar-refractivity contribution < 1.29 is 5.11 Å². The first kappa shape index (κ1) is 26.1. The number of aliphatic hydroxyl groups excluding tert-OH is 1. The van der Waals surface area contributed by atoms with Crippen LogP contribution in [0, 0.1) is 11.3 Å². The van der Waals surface area contributed by atoms with Crippen LogP contribution >= 0.6 is 12.4 Å². The Bertz CT molecular complexity index is 1490. The summed E-state index contributed by atoms with van der Waals surface area (Å²) in [7, 11) is 0. The van der Waals surface area contributed by atoms with Crippen molar-refractivity contribution in [2.75, 3.05) is 5.32 Å². The molecule has 2 aliphatic rings. The molecule has 2 saturated carbocycles. The topological polar surface area (TPSA) is 99.7 Å². The number of halogens is 1. The zero-order valence-electron chi connectivity index (χ0n) is 21.8. The fourth-order valence-electron chi connectivity index (χ4n) is 5.49. The van der Waals surface area contributed by atoms with E-state index in [0.29, 0.717) is 29.3 Å².